The van der Waals surface area contributed by atoms with Crippen LogP contribution in [-0.4, -0.2) is 55.0 Å². The number of hydrogen-bond donors (Lipinski definition) is 1. The van der Waals surface area contributed by atoms with E-state index in [9.17, 15) is 13.2 Å². The minimum atomic E-state index is -5.08. The Morgan fingerprint density at radius 3 is 2.47 bits per heavy atom. The topological polar surface area (TPSA) is 97.3 Å². The molecular formula is C21H24F3N5O3. The number of hydrogen-bond acceptors (Lipinski definition) is 6. The highest BCUT2D eigenvalue weighted by Crippen LogP contribution is 2.26. The number of fused-ring (bicyclic) bond motifs is 1. The van der Waals surface area contributed by atoms with Gasteiger partial charge < -0.3 is 9.52 Å². The molecule has 1 aliphatic heterocycles. The Hall–Kier alpha value is -3.21. The number of carboxylic acids is 1. The first-order valence-corrected chi connectivity index (χ1v) is 10.1. The Bertz CT molecular complexity index is 1060. The summed E-state index contributed by atoms with van der Waals surface area (Å²) in [4.78, 5) is 20.4. The third kappa shape index (κ3) is 5.94. The van der Waals surface area contributed by atoms with E-state index in [1.807, 2.05) is 24.1 Å². The van der Waals surface area contributed by atoms with Gasteiger partial charge in [-0.05, 0) is 18.6 Å². The number of furan rings is 1. The van der Waals surface area contributed by atoms with Crippen molar-refractivity contribution in [3.8, 4) is 11.3 Å². The van der Waals surface area contributed by atoms with E-state index in [0.29, 0.717) is 0 Å². The van der Waals surface area contributed by atoms with Crippen molar-refractivity contribution >= 4 is 5.97 Å². The average molecular weight is 451 g/mol. The molecule has 0 fully saturated rings. The van der Waals surface area contributed by atoms with Crippen LogP contribution in [0.3, 0.4) is 0 Å². The highest BCUT2D eigenvalue weighted by Gasteiger charge is 2.38. The summed E-state index contributed by atoms with van der Waals surface area (Å²) in [7, 11) is 1.93. The molecular weight excluding hydrogens is 427 g/mol. The molecule has 3 aromatic heterocycles. The van der Waals surface area contributed by atoms with Crippen LogP contribution in [0, 0.1) is 0 Å². The maximum absolute atomic E-state index is 10.6. The number of aryl methyl sites for hydroxylation is 2. The van der Waals surface area contributed by atoms with Crippen LogP contribution in [0.4, 0.5) is 13.2 Å². The van der Waals surface area contributed by atoms with Crippen molar-refractivity contribution in [1.82, 2.24) is 24.6 Å². The molecule has 11 heteroatoms. The van der Waals surface area contributed by atoms with Gasteiger partial charge in [-0.2, -0.15) is 18.3 Å². The van der Waals surface area contributed by atoms with Crippen LogP contribution < -0.4 is 0 Å². The van der Waals surface area contributed by atoms with Gasteiger partial charge in [-0.1, -0.05) is 6.92 Å². The molecule has 4 heterocycles. The summed E-state index contributed by atoms with van der Waals surface area (Å²) in [6.45, 7) is 4.93. The number of halogens is 3. The number of carboxylic acid groups (broad SMARTS) is 1. The molecule has 0 saturated heterocycles. The molecule has 0 saturated carbocycles. The van der Waals surface area contributed by atoms with Crippen molar-refractivity contribution in [2.24, 2.45) is 7.05 Å². The van der Waals surface area contributed by atoms with Gasteiger partial charge in [0.2, 0.25) is 0 Å². The molecule has 3 aromatic rings. The smallest absolute Gasteiger partial charge is 0.475 e. The third-order valence-electron chi connectivity index (χ3n) is 5.04. The molecule has 1 N–H and O–H groups in total. The van der Waals surface area contributed by atoms with Gasteiger partial charge in [-0.3, -0.25) is 9.58 Å². The van der Waals surface area contributed by atoms with Crippen LogP contribution in [0.5, 0.6) is 0 Å². The van der Waals surface area contributed by atoms with Gasteiger partial charge in [0.05, 0.1) is 18.4 Å². The molecule has 8 nitrogen and oxygen atoms in total. The Morgan fingerprint density at radius 2 is 1.88 bits per heavy atom. The highest BCUT2D eigenvalue weighted by molar-refractivity contribution is 5.73. The number of alkyl halides is 3. The number of aliphatic carboxylic acids is 1. The predicted molar refractivity (Wildman–Crippen MR) is 109 cm³/mol. The van der Waals surface area contributed by atoms with Crippen LogP contribution in [0.1, 0.15) is 29.7 Å². The molecule has 0 unspecified atom stereocenters. The standard InChI is InChI=1S/C19H23N5O.C2HF3O2/c1-3-15-4-5-16(25-15)12-24-8-6-17-18(7-9-24)20-13-21-19(17)14-10-22-23(2)11-14;3-2(4,5)1(6)7/h4-5,10-11,13H,3,6-9,12H2,1-2H3;(H,6,7). The minimum absolute atomic E-state index is 0.851. The highest BCUT2D eigenvalue weighted by atomic mass is 19.4. The van der Waals surface area contributed by atoms with E-state index in [1.165, 1.54) is 5.56 Å². The molecule has 172 valence electrons. The van der Waals surface area contributed by atoms with Crippen molar-refractivity contribution < 1.29 is 27.5 Å². The Labute approximate surface area is 182 Å². The fourth-order valence-corrected chi connectivity index (χ4v) is 3.44. The van der Waals surface area contributed by atoms with Crippen LogP contribution in [0.2, 0.25) is 0 Å². The fraction of sp³-hybridized carbons (Fsp3) is 0.429. The average Bonchev–Trinajstić information content (AvgIpc) is 3.33. The van der Waals surface area contributed by atoms with Crippen molar-refractivity contribution in [2.45, 2.75) is 38.9 Å². The number of nitrogens with zero attached hydrogens (tertiary/aromatic N) is 5. The fourth-order valence-electron chi connectivity index (χ4n) is 3.44. The lowest BCUT2D eigenvalue weighted by Crippen LogP contribution is -2.25. The largest absolute Gasteiger partial charge is 0.490 e. The van der Waals surface area contributed by atoms with Crippen LogP contribution in [0.15, 0.2) is 35.3 Å². The summed E-state index contributed by atoms with van der Waals surface area (Å²) in [6.07, 6.45) is 3.31. The predicted octanol–water partition coefficient (Wildman–Crippen LogP) is 3.27. The minimum Gasteiger partial charge on any atom is -0.475 e. The van der Waals surface area contributed by atoms with Gasteiger partial charge in [-0.25, -0.2) is 14.8 Å². The van der Waals surface area contributed by atoms with Gasteiger partial charge in [0.15, 0.2) is 0 Å². The van der Waals surface area contributed by atoms with E-state index in [-0.39, 0.29) is 0 Å². The quantitative estimate of drug-likeness (QED) is 0.650. The third-order valence-corrected chi connectivity index (χ3v) is 5.04. The molecule has 0 bridgehead atoms. The Balaban J connectivity index is 0.000000360. The molecule has 0 spiro atoms. The first-order valence-electron chi connectivity index (χ1n) is 10.1. The van der Waals surface area contributed by atoms with Crippen LogP contribution in [0.25, 0.3) is 11.3 Å². The lowest BCUT2D eigenvalue weighted by Gasteiger charge is -2.17. The zero-order chi connectivity index (χ0) is 23.3. The summed E-state index contributed by atoms with van der Waals surface area (Å²) in [5.41, 5.74) is 4.50. The second-order valence-electron chi connectivity index (χ2n) is 7.35. The Morgan fingerprint density at radius 1 is 1.19 bits per heavy atom. The van der Waals surface area contributed by atoms with E-state index < -0.39 is 12.1 Å². The summed E-state index contributed by atoms with van der Waals surface area (Å²) in [5, 5.41) is 11.4. The zero-order valence-corrected chi connectivity index (χ0v) is 17.8. The molecule has 1 aliphatic rings. The normalized spacial score (nSPS) is 14.3. The van der Waals surface area contributed by atoms with Gasteiger partial charge in [0.1, 0.15) is 17.8 Å². The molecule has 0 radical (unpaired) electrons. The maximum Gasteiger partial charge on any atom is 0.490 e. The van der Waals surface area contributed by atoms with Gasteiger partial charge in [0, 0.05) is 56.0 Å². The van der Waals surface area contributed by atoms with Crippen molar-refractivity contribution in [3.63, 3.8) is 0 Å². The molecule has 0 aliphatic carbocycles. The van der Waals surface area contributed by atoms with Crippen LogP contribution in [-0.2, 0) is 37.6 Å². The second kappa shape index (κ2) is 9.94. The number of aromatic nitrogens is 4. The van der Waals surface area contributed by atoms with Crippen molar-refractivity contribution in [3.05, 3.63) is 53.6 Å². The summed E-state index contributed by atoms with van der Waals surface area (Å²) < 4.78 is 39.4. The van der Waals surface area contributed by atoms with E-state index in [4.69, 9.17) is 14.3 Å². The van der Waals surface area contributed by atoms with Gasteiger partial charge >= 0.3 is 12.1 Å². The lowest BCUT2D eigenvalue weighted by atomic mass is 10.0. The van der Waals surface area contributed by atoms with E-state index >= 15 is 0 Å². The van der Waals surface area contributed by atoms with Crippen molar-refractivity contribution in [2.75, 3.05) is 13.1 Å². The monoisotopic (exact) mass is 451 g/mol. The Kier molecular flexibility index (Phi) is 7.29. The lowest BCUT2D eigenvalue weighted by molar-refractivity contribution is -0.192. The summed E-state index contributed by atoms with van der Waals surface area (Å²) >= 11 is 0. The SMILES string of the molecule is CCc1ccc(CN2CCc3ncnc(-c4cnn(C)c4)c3CC2)o1.O=C(O)C(F)(F)F. The van der Waals surface area contributed by atoms with Gasteiger partial charge in [0.25, 0.3) is 0 Å². The number of carbonyl (C=O) groups is 1. The number of rotatable bonds is 4. The van der Waals surface area contributed by atoms with Crippen molar-refractivity contribution in [1.29, 1.82) is 0 Å². The molecule has 0 amide bonds. The zero-order valence-electron chi connectivity index (χ0n) is 17.8. The first kappa shape index (κ1) is 23.5. The van der Waals surface area contributed by atoms with Gasteiger partial charge in [-0.15, -0.1) is 0 Å². The summed E-state index contributed by atoms with van der Waals surface area (Å²) in [6, 6.07) is 4.17. The maximum atomic E-state index is 10.6. The van der Waals surface area contributed by atoms with E-state index in [0.717, 1.165) is 67.4 Å². The van der Waals surface area contributed by atoms with E-state index in [1.54, 1.807) is 6.33 Å². The molecule has 4 rings (SSSR count). The molecule has 0 atom stereocenters. The summed E-state index contributed by atoms with van der Waals surface area (Å²) in [5.74, 6) is -0.660. The van der Waals surface area contributed by atoms with E-state index in [2.05, 4.69) is 39.0 Å². The first-order chi connectivity index (χ1) is 15.2. The molecule has 0 aromatic carbocycles. The molecule has 32 heavy (non-hydrogen) atoms. The van der Waals surface area contributed by atoms with Crippen LogP contribution >= 0.6 is 0 Å². The second-order valence-corrected chi connectivity index (χ2v) is 7.35.